The number of aliphatic hydroxyl groups is 1. The van der Waals surface area contributed by atoms with Gasteiger partial charge < -0.3 is 19.3 Å². The third-order valence-corrected chi connectivity index (χ3v) is 2.60. The molecule has 1 N–H and O–H groups in total. The summed E-state index contributed by atoms with van der Waals surface area (Å²) in [5.74, 6) is -1.53. The summed E-state index contributed by atoms with van der Waals surface area (Å²) in [6, 6.07) is 2.75. The number of methoxy groups -OCH3 is 1. The number of fused-ring (bicyclic) bond motifs is 1. The first-order valence-corrected chi connectivity index (χ1v) is 5.49. The van der Waals surface area contributed by atoms with E-state index in [1.165, 1.54) is 12.1 Å². The highest BCUT2D eigenvalue weighted by Crippen LogP contribution is 2.36. The van der Waals surface area contributed by atoms with E-state index in [0.717, 1.165) is 7.11 Å². The summed E-state index contributed by atoms with van der Waals surface area (Å²) in [6.45, 7) is 0.757. The third kappa shape index (κ3) is 2.24. The number of hydrogen-bond acceptors (Lipinski definition) is 5. The Labute approximate surface area is 103 Å². The molecule has 1 atom stereocenters. The maximum Gasteiger partial charge on any atom is 0.339 e. The van der Waals surface area contributed by atoms with Crippen LogP contribution < -0.4 is 9.47 Å². The van der Waals surface area contributed by atoms with Crippen molar-refractivity contribution in [2.75, 3.05) is 20.3 Å². The minimum atomic E-state index is -1.67. The molecule has 0 radical (unpaired) electrons. The number of carbonyl (C=O) groups is 1. The summed E-state index contributed by atoms with van der Waals surface area (Å²) in [7, 11) is 1.12. The van der Waals surface area contributed by atoms with Gasteiger partial charge in [0.15, 0.2) is 23.4 Å². The second kappa shape index (κ2) is 5.22. The van der Waals surface area contributed by atoms with E-state index in [-0.39, 0.29) is 17.1 Å². The number of halogens is 1. The van der Waals surface area contributed by atoms with Crippen molar-refractivity contribution in [3.05, 3.63) is 23.5 Å². The molecule has 6 heteroatoms. The third-order valence-electron chi connectivity index (χ3n) is 2.60. The van der Waals surface area contributed by atoms with Gasteiger partial charge in [-0.25, -0.2) is 9.18 Å². The molecule has 98 valence electrons. The van der Waals surface area contributed by atoms with Crippen LogP contribution in [0.5, 0.6) is 11.5 Å². The molecule has 0 fully saturated rings. The molecule has 1 aliphatic heterocycles. The summed E-state index contributed by atoms with van der Waals surface area (Å²) >= 11 is 0. The van der Waals surface area contributed by atoms with Crippen LogP contribution in [0.1, 0.15) is 18.1 Å². The van der Waals surface area contributed by atoms with Crippen molar-refractivity contribution in [1.82, 2.24) is 0 Å². The molecule has 2 rings (SSSR count). The molecule has 0 bridgehead atoms. The maximum absolute atomic E-state index is 14.1. The first-order chi connectivity index (χ1) is 8.65. The minimum Gasteiger partial charge on any atom is -0.489 e. The molecule has 0 aliphatic carbocycles. The lowest BCUT2D eigenvalue weighted by Crippen LogP contribution is -2.15. The van der Waals surface area contributed by atoms with Gasteiger partial charge in [0, 0.05) is 12.0 Å². The molecule has 0 saturated carbocycles. The van der Waals surface area contributed by atoms with Crippen LogP contribution in [-0.2, 0) is 9.53 Å². The Morgan fingerprint density at radius 1 is 1.44 bits per heavy atom. The van der Waals surface area contributed by atoms with Crippen LogP contribution in [0.2, 0.25) is 0 Å². The molecule has 1 aliphatic rings. The summed E-state index contributed by atoms with van der Waals surface area (Å²) in [6.07, 6.45) is -1.03. The van der Waals surface area contributed by atoms with Crippen LogP contribution in [0.3, 0.4) is 0 Å². The summed E-state index contributed by atoms with van der Waals surface area (Å²) < 4.78 is 29.0. The Morgan fingerprint density at radius 3 is 2.89 bits per heavy atom. The van der Waals surface area contributed by atoms with Crippen LogP contribution in [0.15, 0.2) is 12.1 Å². The monoisotopic (exact) mass is 256 g/mol. The Morgan fingerprint density at radius 2 is 2.17 bits per heavy atom. The highest BCUT2D eigenvalue weighted by Gasteiger charge is 2.26. The smallest absolute Gasteiger partial charge is 0.339 e. The molecular weight excluding hydrogens is 243 g/mol. The van der Waals surface area contributed by atoms with E-state index >= 15 is 0 Å². The largest absolute Gasteiger partial charge is 0.489 e. The zero-order chi connectivity index (χ0) is 13.1. The lowest BCUT2D eigenvalue weighted by molar-refractivity contribution is -0.150. The van der Waals surface area contributed by atoms with E-state index < -0.39 is 17.9 Å². The number of rotatable bonds is 2. The molecule has 1 unspecified atom stereocenters. The molecule has 18 heavy (non-hydrogen) atoms. The van der Waals surface area contributed by atoms with Gasteiger partial charge in [0.2, 0.25) is 0 Å². The minimum absolute atomic E-state index is 0.0760. The number of aliphatic hydroxyl groups excluding tert-OH is 1. The van der Waals surface area contributed by atoms with E-state index in [1.54, 1.807) is 0 Å². The van der Waals surface area contributed by atoms with Gasteiger partial charge in [-0.3, -0.25) is 0 Å². The fraction of sp³-hybridized carbons (Fsp3) is 0.417. The summed E-state index contributed by atoms with van der Waals surface area (Å²) in [5, 5.41) is 9.63. The SMILES string of the molecule is COC(=O)C(O)c1ccc2c(c1F)OCCCO2. The molecule has 1 aromatic carbocycles. The quantitative estimate of drug-likeness (QED) is 0.805. The van der Waals surface area contributed by atoms with Crippen LogP contribution in [0.4, 0.5) is 4.39 Å². The highest BCUT2D eigenvalue weighted by molar-refractivity contribution is 5.76. The lowest BCUT2D eigenvalue weighted by Gasteiger charge is -2.14. The molecular formula is C12H13FO5. The normalized spacial score (nSPS) is 15.7. The lowest BCUT2D eigenvalue weighted by atomic mass is 10.1. The van der Waals surface area contributed by atoms with Crippen molar-refractivity contribution in [3.8, 4) is 11.5 Å². The van der Waals surface area contributed by atoms with Crippen molar-refractivity contribution in [2.24, 2.45) is 0 Å². The van der Waals surface area contributed by atoms with Crippen LogP contribution in [0, 0.1) is 5.82 Å². The molecule has 0 saturated heterocycles. The number of carbonyl (C=O) groups excluding carboxylic acids is 1. The molecule has 0 spiro atoms. The van der Waals surface area contributed by atoms with Crippen LogP contribution >= 0.6 is 0 Å². The summed E-state index contributed by atoms with van der Waals surface area (Å²) in [5.41, 5.74) is -0.189. The standard InChI is InChI=1S/C12H13FO5/c1-16-12(15)10(14)7-3-4-8-11(9(7)13)18-6-2-5-17-8/h3-4,10,14H,2,5-6H2,1H3. The summed E-state index contributed by atoms with van der Waals surface area (Å²) in [4.78, 5) is 11.2. The Kier molecular flexibility index (Phi) is 3.66. The van der Waals surface area contributed by atoms with E-state index in [2.05, 4.69) is 4.74 Å². The van der Waals surface area contributed by atoms with Gasteiger partial charge in [0.05, 0.1) is 20.3 Å². The van der Waals surface area contributed by atoms with Gasteiger partial charge in [0.25, 0.3) is 0 Å². The second-order valence-corrected chi connectivity index (χ2v) is 3.77. The average molecular weight is 256 g/mol. The van der Waals surface area contributed by atoms with Crippen molar-refractivity contribution in [3.63, 3.8) is 0 Å². The fourth-order valence-electron chi connectivity index (χ4n) is 1.67. The average Bonchev–Trinajstić information content (AvgIpc) is 2.63. The molecule has 0 amide bonds. The van der Waals surface area contributed by atoms with Gasteiger partial charge in [-0.1, -0.05) is 0 Å². The van der Waals surface area contributed by atoms with E-state index in [1.807, 2.05) is 0 Å². The number of hydrogen-bond donors (Lipinski definition) is 1. The zero-order valence-electron chi connectivity index (χ0n) is 9.81. The Hall–Kier alpha value is -1.82. The van der Waals surface area contributed by atoms with Gasteiger partial charge in [-0.2, -0.15) is 0 Å². The van der Waals surface area contributed by atoms with Gasteiger partial charge >= 0.3 is 5.97 Å². The predicted molar refractivity (Wildman–Crippen MR) is 59.0 cm³/mol. The maximum atomic E-state index is 14.1. The van der Waals surface area contributed by atoms with E-state index in [4.69, 9.17) is 9.47 Å². The fourth-order valence-corrected chi connectivity index (χ4v) is 1.67. The number of esters is 1. The Bertz CT molecular complexity index is 460. The molecule has 0 aromatic heterocycles. The number of benzene rings is 1. The first-order valence-electron chi connectivity index (χ1n) is 5.49. The van der Waals surface area contributed by atoms with Gasteiger partial charge in [0.1, 0.15) is 0 Å². The van der Waals surface area contributed by atoms with E-state index in [9.17, 15) is 14.3 Å². The van der Waals surface area contributed by atoms with Crippen molar-refractivity contribution < 1.29 is 28.5 Å². The topological polar surface area (TPSA) is 65.0 Å². The Balaban J connectivity index is 2.39. The second-order valence-electron chi connectivity index (χ2n) is 3.77. The molecule has 5 nitrogen and oxygen atoms in total. The van der Waals surface area contributed by atoms with Gasteiger partial charge in [-0.15, -0.1) is 0 Å². The molecule has 1 heterocycles. The highest BCUT2D eigenvalue weighted by atomic mass is 19.1. The van der Waals surface area contributed by atoms with Crippen molar-refractivity contribution in [1.29, 1.82) is 0 Å². The predicted octanol–water partition coefficient (Wildman–Crippen LogP) is 1.19. The number of ether oxygens (including phenoxy) is 3. The van der Waals surface area contributed by atoms with E-state index in [0.29, 0.717) is 19.6 Å². The van der Waals surface area contributed by atoms with Crippen molar-refractivity contribution in [2.45, 2.75) is 12.5 Å². The van der Waals surface area contributed by atoms with Crippen LogP contribution in [-0.4, -0.2) is 31.4 Å². The van der Waals surface area contributed by atoms with Gasteiger partial charge in [-0.05, 0) is 12.1 Å². The zero-order valence-corrected chi connectivity index (χ0v) is 9.81. The van der Waals surface area contributed by atoms with Crippen LogP contribution in [0.25, 0.3) is 0 Å². The molecule has 1 aromatic rings. The van der Waals surface area contributed by atoms with Crippen molar-refractivity contribution >= 4 is 5.97 Å². The first kappa shape index (κ1) is 12.6.